The Morgan fingerprint density at radius 3 is 2.65 bits per heavy atom. The number of anilines is 1. The van der Waals surface area contributed by atoms with Crippen molar-refractivity contribution in [3.8, 4) is 0 Å². The summed E-state index contributed by atoms with van der Waals surface area (Å²) in [5.74, 6) is -3.21. The van der Waals surface area contributed by atoms with Gasteiger partial charge in [0.15, 0.2) is 5.13 Å². The van der Waals surface area contributed by atoms with Gasteiger partial charge in [-0.25, -0.2) is 13.8 Å². The fourth-order valence-corrected chi connectivity index (χ4v) is 2.04. The number of amides is 1. The molecule has 1 amide bonds. The minimum absolute atomic E-state index is 0.220. The Labute approximate surface area is 109 Å². The van der Waals surface area contributed by atoms with Crippen LogP contribution in [0.15, 0.2) is 46.4 Å². The zero-order chi connectivity index (χ0) is 13.0. The van der Waals surface area contributed by atoms with Crippen molar-refractivity contribution in [1.82, 2.24) is 4.98 Å². The normalized spacial score (nSPS) is 11.7. The molecule has 0 saturated heterocycles. The molecule has 0 aliphatic carbocycles. The van der Waals surface area contributed by atoms with Gasteiger partial charge in [0.1, 0.15) is 17.2 Å². The van der Waals surface area contributed by atoms with E-state index in [9.17, 15) is 13.6 Å². The SMILES string of the molecule is C=C/C(F)=C(\C(=C)F)C(=O)Nc1ncc(Br)s1. The lowest BCUT2D eigenvalue weighted by Crippen LogP contribution is -2.15. The third-order valence-corrected chi connectivity index (χ3v) is 3.01. The first-order chi connectivity index (χ1) is 7.95. The Hall–Kier alpha value is -1.34. The van der Waals surface area contributed by atoms with Crippen LogP contribution in [0.1, 0.15) is 0 Å². The van der Waals surface area contributed by atoms with E-state index in [0.29, 0.717) is 3.79 Å². The van der Waals surface area contributed by atoms with Crippen LogP contribution < -0.4 is 5.32 Å². The molecule has 0 unspecified atom stereocenters. The number of rotatable bonds is 4. The standard InChI is InChI=1S/C10H7BrF2N2OS/c1-3-6(13)8(5(2)12)9(16)15-10-14-4-7(11)17-10/h3-4H,1-2H2,(H,14,15,16)/b8-6-. The number of hydrogen-bond acceptors (Lipinski definition) is 3. The van der Waals surface area contributed by atoms with Crippen molar-refractivity contribution in [3.63, 3.8) is 0 Å². The molecule has 0 atom stereocenters. The van der Waals surface area contributed by atoms with Gasteiger partial charge >= 0.3 is 0 Å². The largest absolute Gasteiger partial charge is 0.298 e. The van der Waals surface area contributed by atoms with E-state index in [0.717, 1.165) is 17.4 Å². The van der Waals surface area contributed by atoms with E-state index in [-0.39, 0.29) is 5.13 Å². The first-order valence-corrected chi connectivity index (χ1v) is 5.86. The molecule has 0 aliphatic heterocycles. The summed E-state index contributed by atoms with van der Waals surface area (Å²) >= 11 is 4.26. The van der Waals surface area contributed by atoms with E-state index >= 15 is 0 Å². The molecule has 1 aromatic heterocycles. The molecule has 0 radical (unpaired) electrons. The van der Waals surface area contributed by atoms with Crippen LogP contribution in [-0.4, -0.2) is 10.9 Å². The summed E-state index contributed by atoms with van der Waals surface area (Å²) in [4.78, 5) is 15.4. The number of carbonyl (C=O) groups is 1. The van der Waals surface area contributed by atoms with Gasteiger partial charge in [-0.15, -0.1) is 0 Å². The van der Waals surface area contributed by atoms with E-state index in [1.807, 2.05) is 0 Å². The monoisotopic (exact) mass is 320 g/mol. The topological polar surface area (TPSA) is 42.0 Å². The van der Waals surface area contributed by atoms with E-state index in [1.165, 1.54) is 6.20 Å². The number of nitrogens with one attached hydrogen (secondary N) is 1. The van der Waals surface area contributed by atoms with Gasteiger partial charge in [-0.1, -0.05) is 24.5 Å². The number of aromatic nitrogens is 1. The predicted octanol–water partition coefficient (Wildman–Crippen LogP) is 3.74. The number of halogens is 3. The molecular weight excluding hydrogens is 314 g/mol. The van der Waals surface area contributed by atoms with Gasteiger partial charge in [0.2, 0.25) is 0 Å². The highest BCUT2D eigenvalue weighted by Gasteiger charge is 2.19. The Balaban J connectivity index is 2.95. The summed E-state index contributed by atoms with van der Waals surface area (Å²) in [6.45, 7) is 6.01. The van der Waals surface area contributed by atoms with Crippen LogP contribution in [0.2, 0.25) is 0 Å². The van der Waals surface area contributed by atoms with Gasteiger partial charge in [0.05, 0.1) is 9.98 Å². The second-order valence-electron chi connectivity index (χ2n) is 2.76. The molecule has 0 aliphatic rings. The van der Waals surface area contributed by atoms with Crippen molar-refractivity contribution in [2.24, 2.45) is 0 Å². The predicted molar refractivity (Wildman–Crippen MR) is 67.0 cm³/mol. The van der Waals surface area contributed by atoms with Crippen molar-refractivity contribution >= 4 is 38.3 Å². The molecule has 1 N–H and O–H groups in total. The zero-order valence-corrected chi connectivity index (χ0v) is 10.9. The van der Waals surface area contributed by atoms with Crippen molar-refractivity contribution in [1.29, 1.82) is 0 Å². The third-order valence-electron chi connectivity index (χ3n) is 1.61. The summed E-state index contributed by atoms with van der Waals surface area (Å²) < 4.78 is 26.8. The number of thiazole rings is 1. The minimum atomic E-state index is -1.17. The average Bonchev–Trinajstić information content (AvgIpc) is 2.63. The lowest BCUT2D eigenvalue weighted by atomic mass is 10.2. The third kappa shape index (κ3) is 3.57. The molecule has 1 rings (SSSR count). The number of nitrogens with zero attached hydrogens (tertiary/aromatic N) is 1. The molecule has 7 heteroatoms. The average molecular weight is 321 g/mol. The molecule has 0 fully saturated rings. The Kier molecular flexibility index (Phi) is 4.71. The number of carbonyl (C=O) groups excluding carboxylic acids is 1. The van der Waals surface area contributed by atoms with Crippen molar-refractivity contribution in [2.45, 2.75) is 0 Å². The molecule has 0 bridgehead atoms. The highest BCUT2D eigenvalue weighted by atomic mass is 79.9. The van der Waals surface area contributed by atoms with Gasteiger partial charge in [-0.2, -0.15) is 0 Å². The molecule has 17 heavy (non-hydrogen) atoms. The van der Waals surface area contributed by atoms with E-state index in [4.69, 9.17) is 0 Å². The number of hydrogen-bond donors (Lipinski definition) is 1. The summed E-state index contributed by atoms with van der Waals surface area (Å²) in [5.41, 5.74) is -0.786. The van der Waals surface area contributed by atoms with Crippen molar-refractivity contribution in [2.75, 3.05) is 5.32 Å². The maximum absolute atomic E-state index is 13.2. The van der Waals surface area contributed by atoms with Crippen LogP contribution in [0.25, 0.3) is 0 Å². The van der Waals surface area contributed by atoms with Crippen LogP contribution in [0.3, 0.4) is 0 Å². The molecule has 0 spiro atoms. The van der Waals surface area contributed by atoms with Gasteiger partial charge in [-0.05, 0) is 22.0 Å². The highest BCUT2D eigenvalue weighted by Crippen LogP contribution is 2.25. The van der Waals surface area contributed by atoms with Crippen LogP contribution in [-0.2, 0) is 4.79 Å². The molecule has 0 saturated carbocycles. The fourth-order valence-electron chi connectivity index (χ4n) is 0.935. The molecule has 3 nitrogen and oxygen atoms in total. The second-order valence-corrected chi connectivity index (χ2v) is 5.17. The zero-order valence-electron chi connectivity index (χ0n) is 8.47. The van der Waals surface area contributed by atoms with E-state index < -0.39 is 23.1 Å². The summed E-state index contributed by atoms with van der Waals surface area (Å²) in [6, 6.07) is 0. The summed E-state index contributed by atoms with van der Waals surface area (Å²) in [5, 5.41) is 2.47. The van der Waals surface area contributed by atoms with Crippen molar-refractivity contribution < 1.29 is 13.6 Å². The van der Waals surface area contributed by atoms with Gasteiger partial charge in [0.25, 0.3) is 5.91 Å². The van der Waals surface area contributed by atoms with Crippen molar-refractivity contribution in [3.05, 3.63) is 46.4 Å². The molecule has 90 valence electrons. The quantitative estimate of drug-likeness (QED) is 0.678. The molecule has 1 aromatic rings. The van der Waals surface area contributed by atoms with Crippen LogP contribution >= 0.6 is 27.3 Å². The Morgan fingerprint density at radius 1 is 1.59 bits per heavy atom. The first-order valence-electron chi connectivity index (χ1n) is 4.25. The maximum atomic E-state index is 13.2. The lowest BCUT2D eigenvalue weighted by Gasteiger charge is -2.04. The van der Waals surface area contributed by atoms with Gasteiger partial charge in [0, 0.05) is 0 Å². The summed E-state index contributed by atoms with van der Waals surface area (Å²) in [6.07, 6.45) is 2.19. The van der Waals surface area contributed by atoms with Gasteiger partial charge in [-0.3, -0.25) is 10.1 Å². The molecular formula is C10H7BrF2N2OS. The van der Waals surface area contributed by atoms with Crippen LogP contribution in [0, 0.1) is 0 Å². The smallest absolute Gasteiger partial charge is 0.263 e. The lowest BCUT2D eigenvalue weighted by molar-refractivity contribution is -0.112. The Bertz CT molecular complexity index is 510. The minimum Gasteiger partial charge on any atom is -0.298 e. The van der Waals surface area contributed by atoms with E-state index in [2.05, 4.69) is 39.4 Å². The second kappa shape index (κ2) is 5.83. The Morgan fingerprint density at radius 2 is 2.24 bits per heavy atom. The maximum Gasteiger partial charge on any atom is 0.263 e. The van der Waals surface area contributed by atoms with Gasteiger partial charge < -0.3 is 0 Å². The highest BCUT2D eigenvalue weighted by molar-refractivity contribution is 9.11. The first kappa shape index (κ1) is 13.7. The fraction of sp³-hybridized carbons (Fsp3) is 0. The molecule has 1 heterocycles. The van der Waals surface area contributed by atoms with E-state index in [1.54, 1.807) is 0 Å². The number of allylic oxidation sites excluding steroid dienone is 2. The van der Waals surface area contributed by atoms with Crippen LogP contribution in [0.5, 0.6) is 0 Å². The molecule has 0 aromatic carbocycles. The van der Waals surface area contributed by atoms with Crippen LogP contribution in [0.4, 0.5) is 13.9 Å². The summed E-state index contributed by atoms with van der Waals surface area (Å²) in [7, 11) is 0.